The number of nitrogens with zero attached hydrogens (tertiary/aromatic N) is 3. The molecule has 0 aromatic carbocycles. The summed E-state index contributed by atoms with van der Waals surface area (Å²) in [6.45, 7) is 0. The van der Waals surface area contributed by atoms with Crippen molar-refractivity contribution >= 4 is 11.6 Å². The minimum absolute atomic E-state index is 0.395. The molecule has 1 unspecified atom stereocenters. The molecule has 0 saturated heterocycles. The van der Waals surface area contributed by atoms with Gasteiger partial charge in [-0.3, -0.25) is 4.68 Å². The quantitative estimate of drug-likeness (QED) is 0.702. The maximum absolute atomic E-state index is 6.21. The molecule has 1 aliphatic carbocycles. The number of hydrogen-bond acceptors (Lipinski definition) is 2. The summed E-state index contributed by atoms with van der Waals surface area (Å²) in [6, 6.07) is 0. The summed E-state index contributed by atoms with van der Waals surface area (Å²) < 4.78 is 1.74. The van der Waals surface area contributed by atoms with Crippen molar-refractivity contribution in [3.8, 4) is 0 Å². The number of alkyl halides is 1. The Balaban J connectivity index is 1.67. The number of aryl methyl sites for hydroxylation is 2. The van der Waals surface area contributed by atoms with E-state index in [1.165, 1.54) is 12.8 Å². The minimum Gasteiger partial charge on any atom is -0.255 e. The number of halogens is 1. The number of rotatable bonds is 5. The van der Waals surface area contributed by atoms with E-state index in [9.17, 15) is 0 Å². The molecule has 1 aromatic rings. The third kappa shape index (κ3) is 2.71. The molecule has 0 spiro atoms. The maximum atomic E-state index is 6.21. The number of hydrogen-bond donors (Lipinski definition) is 0. The monoisotopic (exact) mass is 213 g/mol. The van der Waals surface area contributed by atoms with Crippen LogP contribution in [0.25, 0.3) is 0 Å². The standard InChI is InChI=1S/C10H16ClN3/c1-14-7-9(12-13-14)3-2-4-10(11)8-5-6-8/h7-8,10H,2-6H2,1H3. The molecule has 14 heavy (non-hydrogen) atoms. The summed E-state index contributed by atoms with van der Waals surface area (Å²) in [5, 5.41) is 8.33. The maximum Gasteiger partial charge on any atom is 0.0827 e. The highest BCUT2D eigenvalue weighted by Gasteiger charge is 2.28. The van der Waals surface area contributed by atoms with Gasteiger partial charge in [0.15, 0.2) is 0 Å². The first-order chi connectivity index (χ1) is 6.75. The van der Waals surface area contributed by atoms with Gasteiger partial charge >= 0.3 is 0 Å². The highest BCUT2D eigenvalue weighted by molar-refractivity contribution is 6.20. The van der Waals surface area contributed by atoms with E-state index in [1.807, 2.05) is 13.2 Å². The average Bonchev–Trinajstić information content (AvgIpc) is 2.92. The van der Waals surface area contributed by atoms with Crippen LogP contribution in [0.15, 0.2) is 6.20 Å². The van der Waals surface area contributed by atoms with E-state index >= 15 is 0 Å². The van der Waals surface area contributed by atoms with Crippen molar-refractivity contribution in [2.24, 2.45) is 13.0 Å². The van der Waals surface area contributed by atoms with Crippen molar-refractivity contribution < 1.29 is 0 Å². The van der Waals surface area contributed by atoms with Crippen LogP contribution in [0.2, 0.25) is 0 Å². The molecule has 1 saturated carbocycles. The van der Waals surface area contributed by atoms with E-state index in [1.54, 1.807) is 4.68 Å². The second kappa shape index (κ2) is 4.30. The fourth-order valence-corrected chi connectivity index (χ4v) is 2.09. The molecule has 0 amide bonds. The zero-order valence-corrected chi connectivity index (χ0v) is 9.24. The van der Waals surface area contributed by atoms with Gasteiger partial charge in [0.2, 0.25) is 0 Å². The summed E-state index contributed by atoms with van der Waals surface area (Å²) in [6.07, 6.45) is 7.88. The second-order valence-corrected chi connectivity index (χ2v) is 4.69. The van der Waals surface area contributed by atoms with Crippen molar-refractivity contribution in [1.82, 2.24) is 15.0 Å². The van der Waals surface area contributed by atoms with E-state index in [2.05, 4.69) is 10.3 Å². The predicted octanol–water partition coefficient (Wildman–Crippen LogP) is 2.16. The second-order valence-electron chi connectivity index (χ2n) is 4.13. The summed E-state index contributed by atoms with van der Waals surface area (Å²) >= 11 is 6.21. The molecule has 0 radical (unpaired) electrons. The Hall–Kier alpha value is -0.570. The average molecular weight is 214 g/mol. The van der Waals surface area contributed by atoms with E-state index in [0.717, 1.165) is 30.9 Å². The molecule has 3 nitrogen and oxygen atoms in total. The molecule has 1 aliphatic rings. The fraction of sp³-hybridized carbons (Fsp3) is 0.800. The Bertz CT molecular complexity index is 293. The van der Waals surface area contributed by atoms with Gasteiger partial charge in [-0.05, 0) is 38.0 Å². The van der Waals surface area contributed by atoms with Crippen LogP contribution in [0.3, 0.4) is 0 Å². The third-order valence-electron chi connectivity index (χ3n) is 2.70. The summed E-state index contributed by atoms with van der Waals surface area (Å²) in [5.41, 5.74) is 1.08. The van der Waals surface area contributed by atoms with Crippen molar-refractivity contribution in [2.45, 2.75) is 37.5 Å². The first kappa shape index (κ1) is 9.97. The topological polar surface area (TPSA) is 30.7 Å². The van der Waals surface area contributed by atoms with Crippen LogP contribution < -0.4 is 0 Å². The SMILES string of the molecule is Cn1cc(CCCC(Cl)C2CC2)nn1. The lowest BCUT2D eigenvalue weighted by Crippen LogP contribution is -2.01. The van der Waals surface area contributed by atoms with Gasteiger partial charge in [-0.1, -0.05) is 5.21 Å². The van der Waals surface area contributed by atoms with E-state index in [0.29, 0.717) is 5.38 Å². The molecular weight excluding hydrogens is 198 g/mol. The molecule has 1 heterocycles. The lowest BCUT2D eigenvalue weighted by atomic mass is 10.1. The molecule has 78 valence electrons. The lowest BCUT2D eigenvalue weighted by Gasteiger charge is -2.05. The van der Waals surface area contributed by atoms with Crippen LogP contribution in [-0.2, 0) is 13.5 Å². The Morgan fingerprint density at radius 3 is 3.00 bits per heavy atom. The molecule has 0 aliphatic heterocycles. The van der Waals surface area contributed by atoms with Gasteiger partial charge in [0.25, 0.3) is 0 Å². The smallest absolute Gasteiger partial charge is 0.0827 e. The molecule has 2 rings (SSSR count). The van der Waals surface area contributed by atoms with Crippen LogP contribution in [-0.4, -0.2) is 20.4 Å². The fourth-order valence-electron chi connectivity index (χ4n) is 1.68. The highest BCUT2D eigenvalue weighted by atomic mass is 35.5. The Kier molecular flexibility index (Phi) is 3.06. The van der Waals surface area contributed by atoms with Crippen LogP contribution in [0.5, 0.6) is 0 Å². The Morgan fingerprint density at radius 1 is 1.64 bits per heavy atom. The van der Waals surface area contributed by atoms with Crippen LogP contribution in [0.1, 0.15) is 31.4 Å². The molecule has 1 atom stereocenters. The van der Waals surface area contributed by atoms with Gasteiger partial charge in [-0.15, -0.1) is 16.7 Å². The van der Waals surface area contributed by atoms with Gasteiger partial charge < -0.3 is 0 Å². The van der Waals surface area contributed by atoms with E-state index in [-0.39, 0.29) is 0 Å². The largest absolute Gasteiger partial charge is 0.255 e. The summed E-state index contributed by atoms with van der Waals surface area (Å²) in [4.78, 5) is 0. The zero-order valence-electron chi connectivity index (χ0n) is 8.49. The molecule has 1 fully saturated rings. The van der Waals surface area contributed by atoms with Gasteiger partial charge in [-0.2, -0.15) is 0 Å². The van der Waals surface area contributed by atoms with Gasteiger partial charge in [-0.25, -0.2) is 0 Å². The summed E-state index contributed by atoms with van der Waals surface area (Å²) in [5.74, 6) is 0.804. The van der Waals surface area contributed by atoms with E-state index < -0.39 is 0 Å². The first-order valence-corrected chi connectivity index (χ1v) is 5.68. The molecule has 1 aromatic heterocycles. The summed E-state index contributed by atoms with van der Waals surface area (Å²) in [7, 11) is 1.89. The molecule has 0 N–H and O–H groups in total. The minimum atomic E-state index is 0.395. The van der Waals surface area contributed by atoms with Crippen LogP contribution >= 0.6 is 11.6 Å². The van der Waals surface area contributed by atoms with Crippen molar-refractivity contribution in [3.63, 3.8) is 0 Å². The van der Waals surface area contributed by atoms with Crippen LogP contribution in [0.4, 0.5) is 0 Å². The van der Waals surface area contributed by atoms with E-state index in [4.69, 9.17) is 11.6 Å². The molecule has 0 bridgehead atoms. The van der Waals surface area contributed by atoms with Crippen LogP contribution in [0, 0.1) is 5.92 Å². The Labute approximate surface area is 89.4 Å². The highest BCUT2D eigenvalue weighted by Crippen LogP contribution is 2.37. The first-order valence-electron chi connectivity index (χ1n) is 5.25. The van der Waals surface area contributed by atoms with Crippen molar-refractivity contribution in [2.75, 3.05) is 0 Å². The molecular formula is C10H16ClN3. The number of aromatic nitrogens is 3. The third-order valence-corrected chi connectivity index (χ3v) is 3.27. The zero-order chi connectivity index (χ0) is 9.97. The lowest BCUT2D eigenvalue weighted by molar-refractivity contribution is 0.632. The predicted molar refractivity (Wildman–Crippen MR) is 56.3 cm³/mol. The normalized spacial score (nSPS) is 18.4. The van der Waals surface area contributed by atoms with Gasteiger partial charge in [0, 0.05) is 18.6 Å². The van der Waals surface area contributed by atoms with Gasteiger partial charge in [0.05, 0.1) is 5.69 Å². The van der Waals surface area contributed by atoms with Crippen molar-refractivity contribution in [3.05, 3.63) is 11.9 Å². The van der Waals surface area contributed by atoms with Crippen molar-refractivity contribution in [1.29, 1.82) is 0 Å². The Morgan fingerprint density at radius 2 is 2.43 bits per heavy atom. The van der Waals surface area contributed by atoms with Gasteiger partial charge in [0.1, 0.15) is 0 Å². The molecule has 4 heteroatoms.